The zero-order valence-corrected chi connectivity index (χ0v) is 11.9. The van der Waals surface area contributed by atoms with Crippen LogP contribution >= 0.6 is 0 Å². The molecule has 0 saturated carbocycles. The zero-order chi connectivity index (χ0) is 15.6. The largest absolute Gasteiger partial charge is 0.374 e. The summed E-state index contributed by atoms with van der Waals surface area (Å²) in [7, 11) is 0. The van der Waals surface area contributed by atoms with Gasteiger partial charge in [0.1, 0.15) is 6.23 Å². The van der Waals surface area contributed by atoms with Gasteiger partial charge in [0.2, 0.25) is 5.91 Å². The molecule has 0 saturated heterocycles. The van der Waals surface area contributed by atoms with E-state index in [-0.39, 0.29) is 24.1 Å². The SMILES string of the molecule is CC(O)NC(=O)CCC(C)N1C(=O)c2ccncc2C1=O. The van der Waals surface area contributed by atoms with Crippen molar-refractivity contribution in [2.24, 2.45) is 0 Å². The molecule has 0 spiro atoms. The van der Waals surface area contributed by atoms with E-state index in [2.05, 4.69) is 10.3 Å². The fourth-order valence-corrected chi connectivity index (χ4v) is 2.28. The normalized spacial score (nSPS) is 16.6. The summed E-state index contributed by atoms with van der Waals surface area (Å²) in [5.41, 5.74) is 0.637. The van der Waals surface area contributed by atoms with Crippen LogP contribution < -0.4 is 5.32 Å². The standard InChI is InChI=1S/C14H17N3O4/c1-8(3-4-12(19)16-9(2)18)17-13(20)10-5-6-15-7-11(10)14(17)21/h5-9,18H,3-4H2,1-2H3,(H,16,19). The van der Waals surface area contributed by atoms with Gasteiger partial charge in [-0.1, -0.05) is 0 Å². The number of amides is 3. The van der Waals surface area contributed by atoms with Gasteiger partial charge in [0, 0.05) is 24.9 Å². The van der Waals surface area contributed by atoms with Crippen molar-refractivity contribution >= 4 is 17.7 Å². The first-order chi connectivity index (χ1) is 9.91. The Labute approximate surface area is 122 Å². The summed E-state index contributed by atoms with van der Waals surface area (Å²) < 4.78 is 0. The van der Waals surface area contributed by atoms with Crippen molar-refractivity contribution in [2.75, 3.05) is 0 Å². The fraction of sp³-hybridized carbons (Fsp3) is 0.429. The molecular weight excluding hydrogens is 274 g/mol. The Hall–Kier alpha value is -2.28. The monoisotopic (exact) mass is 291 g/mol. The summed E-state index contributed by atoms with van der Waals surface area (Å²) in [6.45, 7) is 3.16. The topological polar surface area (TPSA) is 99.6 Å². The number of carbonyl (C=O) groups excluding carboxylic acids is 3. The molecule has 2 rings (SSSR count). The Morgan fingerprint density at radius 2 is 2.00 bits per heavy atom. The van der Waals surface area contributed by atoms with Crippen LogP contribution in [0.4, 0.5) is 0 Å². The molecule has 1 aliphatic rings. The van der Waals surface area contributed by atoms with Crippen LogP contribution in [0.25, 0.3) is 0 Å². The van der Waals surface area contributed by atoms with E-state index in [0.29, 0.717) is 17.5 Å². The minimum atomic E-state index is -0.918. The van der Waals surface area contributed by atoms with Gasteiger partial charge in [0.25, 0.3) is 11.8 Å². The molecule has 2 heterocycles. The van der Waals surface area contributed by atoms with E-state index in [1.165, 1.54) is 25.4 Å². The molecule has 1 aromatic rings. The average molecular weight is 291 g/mol. The third-order valence-corrected chi connectivity index (χ3v) is 3.32. The summed E-state index contributed by atoms with van der Waals surface area (Å²) in [4.78, 5) is 40.9. The molecule has 2 N–H and O–H groups in total. The van der Waals surface area contributed by atoms with Gasteiger partial charge in [-0.25, -0.2) is 0 Å². The van der Waals surface area contributed by atoms with Crippen LogP contribution in [0.1, 0.15) is 47.4 Å². The predicted molar refractivity (Wildman–Crippen MR) is 73.3 cm³/mol. The van der Waals surface area contributed by atoms with E-state index in [1.54, 1.807) is 6.92 Å². The molecule has 0 aliphatic carbocycles. The maximum Gasteiger partial charge on any atom is 0.263 e. The molecule has 21 heavy (non-hydrogen) atoms. The molecule has 112 valence electrons. The number of aromatic nitrogens is 1. The second-order valence-corrected chi connectivity index (χ2v) is 5.03. The number of carbonyl (C=O) groups is 3. The number of aliphatic hydroxyl groups is 1. The molecule has 7 heteroatoms. The first kappa shape index (κ1) is 15.1. The lowest BCUT2D eigenvalue weighted by Gasteiger charge is -2.22. The lowest BCUT2D eigenvalue weighted by Crippen LogP contribution is -2.39. The van der Waals surface area contributed by atoms with E-state index in [1.807, 2.05) is 0 Å². The van der Waals surface area contributed by atoms with Crippen LogP contribution in [0.15, 0.2) is 18.5 Å². The Bertz CT molecular complexity index is 550. The van der Waals surface area contributed by atoms with Gasteiger partial charge < -0.3 is 10.4 Å². The third kappa shape index (κ3) is 3.08. The van der Waals surface area contributed by atoms with Gasteiger partial charge in [-0.2, -0.15) is 0 Å². The van der Waals surface area contributed by atoms with Crippen molar-refractivity contribution in [3.63, 3.8) is 0 Å². The third-order valence-electron chi connectivity index (χ3n) is 3.32. The number of imide groups is 1. The quantitative estimate of drug-likeness (QED) is 0.600. The highest BCUT2D eigenvalue weighted by Gasteiger charge is 2.38. The van der Waals surface area contributed by atoms with Crippen LogP contribution in [0.3, 0.4) is 0 Å². The van der Waals surface area contributed by atoms with Crippen molar-refractivity contribution in [1.29, 1.82) is 0 Å². The highest BCUT2D eigenvalue weighted by atomic mass is 16.3. The van der Waals surface area contributed by atoms with Crippen molar-refractivity contribution in [1.82, 2.24) is 15.2 Å². The second-order valence-electron chi connectivity index (χ2n) is 5.03. The Morgan fingerprint density at radius 1 is 1.33 bits per heavy atom. The minimum Gasteiger partial charge on any atom is -0.374 e. The smallest absolute Gasteiger partial charge is 0.263 e. The van der Waals surface area contributed by atoms with Gasteiger partial charge in [-0.15, -0.1) is 0 Å². The summed E-state index contributed by atoms with van der Waals surface area (Å²) in [6, 6.07) is 1.11. The van der Waals surface area contributed by atoms with Crippen molar-refractivity contribution < 1.29 is 19.5 Å². The number of aliphatic hydroxyl groups excluding tert-OH is 1. The van der Waals surface area contributed by atoms with Gasteiger partial charge in [0.15, 0.2) is 0 Å². The van der Waals surface area contributed by atoms with Crippen LogP contribution in [0.5, 0.6) is 0 Å². The highest BCUT2D eigenvalue weighted by molar-refractivity contribution is 6.21. The molecule has 0 fully saturated rings. The number of hydrogen-bond donors (Lipinski definition) is 2. The number of hydrogen-bond acceptors (Lipinski definition) is 5. The van der Waals surface area contributed by atoms with E-state index in [9.17, 15) is 14.4 Å². The Morgan fingerprint density at radius 3 is 2.62 bits per heavy atom. The van der Waals surface area contributed by atoms with E-state index in [4.69, 9.17) is 5.11 Å². The molecule has 0 radical (unpaired) electrons. The van der Waals surface area contributed by atoms with E-state index < -0.39 is 12.3 Å². The van der Waals surface area contributed by atoms with Crippen molar-refractivity contribution in [2.45, 2.75) is 39.0 Å². The number of nitrogens with one attached hydrogen (secondary N) is 1. The lowest BCUT2D eigenvalue weighted by atomic mass is 10.1. The maximum atomic E-state index is 12.2. The highest BCUT2D eigenvalue weighted by Crippen LogP contribution is 2.24. The van der Waals surface area contributed by atoms with E-state index in [0.717, 1.165) is 4.90 Å². The minimum absolute atomic E-state index is 0.123. The summed E-state index contributed by atoms with van der Waals surface area (Å²) in [5.74, 6) is -1.07. The van der Waals surface area contributed by atoms with E-state index >= 15 is 0 Å². The van der Waals surface area contributed by atoms with Gasteiger partial charge in [-0.05, 0) is 26.3 Å². The molecule has 3 amide bonds. The van der Waals surface area contributed by atoms with Crippen LogP contribution in [0.2, 0.25) is 0 Å². The van der Waals surface area contributed by atoms with Crippen LogP contribution in [0, 0.1) is 0 Å². The molecule has 1 aliphatic heterocycles. The number of fused-ring (bicyclic) bond motifs is 1. The number of rotatable bonds is 5. The number of nitrogens with zero attached hydrogens (tertiary/aromatic N) is 2. The molecule has 2 unspecified atom stereocenters. The first-order valence-corrected chi connectivity index (χ1v) is 6.71. The summed E-state index contributed by atoms with van der Waals surface area (Å²) in [5, 5.41) is 11.4. The summed E-state index contributed by atoms with van der Waals surface area (Å²) >= 11 is 0. The molecule has 1 aromatic heterocycles. The van der Waals surface area contributed by atoms with Crippen molar-refractivity contribution in [3.8, 4) is 0 Å². The number of pyridine rings is 1. The predicted octanol–water partition coefficient (Wildman–Crippen LogP) is 0.301. The lowest BCUT2D eigenvalue weighted by molar-refractivity contribution is -0.124. The van der Waals surface area contributed by atoms with Crippen LogP contribution in [-0.4, -0.2) is 45.0 Å². The Balaban J connectivity index is 2.02. The Kier molecular flexibility index (Phi) is 4.32. The maximum absolute atomic E-state index is 12.2. The molecular formula is C14H17N3O4. The molecule has 0 aromatic carbocycles. The van der Waals surface area contributed by atoms with Crippen molar-refractivity contribution in [3.05, 3.63) is 29.6 Å². The first-order valence-electron chi connectivity index (χ1n) is 6.71. The van der Waals surface area contributed by atoms with Gasteiger partial charge >= 0.3 is 0 Å². The molecule has 2 atom stereocenters. The van der Waals surface area contributed by atoms with Gasteiger partial charge in [-0.3, -0.25) is 24.3 Å². The molecule has 7 nitrogen and oxygen atoms in total. The summed E-state index contributed by atoms with van der Waals surface area (Å²) in [6.07, 6.45) is 2.38. The fourth-order valence-electron chi connectivity index (χ4n) is 2.28. The zero-order valence-electron chi connectivity index (χ0n) is 11.9. The average Bonchev–Trinajstić information content (AvgIpc) is 2.68. The van der Waals surface area contributed by atoms with Crippen LogP contribution in [-0.2, 0) is 4.79 Å². The second kappa shape index (κ2) is 6.01. The van der Waals surface area contributed by atoms with Gasteiger partial charge in [0.05, 0.1) is 11.1 Å². The molecule has 0 bridgehead atoms.